The Morgan fingerprint density at radius 3 is 1.49 bits per heavy atom. The third-order valence-electron chi connectivity index (χ3n) is 11.6. The van der Waals surface area contributed by atoms with Gasteiger partial charge in [-0.1, -0.05) is 80.4 Å². The number of hydrogen-bond donors (Lipinski definition) is 3. The molecule has 0 radical (unpaired) electrons. The summed E-state index contributed by atoms with van der Waals surface area (Å²) in [6.07, 6.45) is 8.70. The Balaban J connectivity index is 0.000000169. The van der Waals surface area contributed by atoms with E-state index in [1.54, 1.807) is 26.0 Å². The summed E-state index contributed by atoms with van der Waals surface area (Å²) in [5.41, 5.74) is 11.0. The lowest BCUT2D eigenvalue weighted by atomic mass is 9.94. The minimum atomic E-state index is -1.11. The molecule has 0 aliphatic heterocycles. The summed E-state index contributed by atoms with van der Waals surface area (Å²) < 4.78 is 23.8. The number of carbonyl (C=O) groups is 4. The third-order valence-corrected chi connectivity index (χ3v) is 12.5. The number of carboxylic acids is 1. The van der Waals surface area contributed by atoms with Crippen LogP contribution in [0, 0.1) is 13.8 Å². The molecule has 2 saturated carbocycles. The molecule has 1 amide bonds. The molecule has 2 fully saturated rings. The zero-order valence-electron chi connectivity index (χ0n) is 35.1. The number of halogens is 2. The molecule has 4 aromatic carbocycles. The number of amides is 1. The molecule has 8 rings (SSSR count). The molecule has 4 N–H and O–H groups in total. The maximum Gasteiger partial charge on any atom is 0.339 e. The molecule has 61 heavy (non-hydrogen) atoms. The Kier molecular flexibility index (Phi) is 15.0. The highest BCUT2D eigenvalue weighted by molar-refractivity contribution is 9.10. The number of rotatable bonds is 11. The molecular weight excluding hydrogens is 908 g/mol. The fraction of sp³-hybridized carbons (Fsp3) is 0.417. The van der Waals surface area contributed by atoms with E-state index in [0.717, 1.165) is 74.4 Å². The lowest BCUT2D eigenvalue weighted by Gasteiger charge is -2.30. The molecule has 0 atom stereocenters. The summed E-state index contributed by atoms with van der Waals surface area (Å²) >= 11 is 6.78. The highest BCUT2D eigenvalue weighted by Crippen LogP contribution is 2.37. The van der Waals surface area contributed by atoms with Crippen LogP contribution in [0.1, 0.15) is 106 Å². The Bertz CT molecular complexity index is 2220. The monoisotopic (exact) mass is 960 g/mol. The quantitative estimate of drug-likeness (QED) is 0.124. The number of aromatic carboxylic acids is 1. The first kappa shape index (κ1) is 45.8. The van der Waals surface area contributed by atoms with Crippen molar-refractivity contribution >= 4 is 55.7 Å². The van der Waals surface area contributed by atoms with E-state index in [-0.39, 0.29) is 36.3 Å². The van der Waals surface area contributed by atoms with Gasteiger partial charge in [0.05, 0.1) is 31.0 Å². The average molecular weight is 963 g/mol. The number of fused-ring (bicyclic) bond motifs is 2. The predicted octanol–water partition coefficient (Wildman–Crippen LogP) is 8.95. The Labute approximate surface area is 374 Å². The molecule has 13 heteroatoms. The van der Waals surface area contributed by atoms with Crippen molar-refractivity contribution in [2.24, 2.45) is 5.73 Å². The smallest absolute Gasteiger partial charge is 0.339 e. The normalized spacial score (nSPS) is 16.7. The second kappa shape index (κ2) is 20.0. The Morgan fingerprint density at radius 1 is 0.672 bits per heavy atom. The van der Waals surface area contributed by atoms with Gasteiger partial charge in [-0.25, -0.2) is 9.59 Å². The van der Waals surface area contributed by atoms with Gasteiger partial charge in [0.1, 0.15) is 28.1 Å². The number of ether oxygens (including phenoxy) is 4. The Hall–Kier alpha value is -4.72. The highest BCUT2D eigenvalue weighted by Gasteiger charge is 2.47. The number of nitrogens with two attached hydrogens (primary N) is 1. The SMILES string of the molecule is CCOC(=O)C1(N)Cc2ccccc2C1.CCOC(=O)C1(NC(=O)c2cc(Br)cc(C)c2OC2CCC2)Cc2ccccc2C1.Cc1cc(Br)cc(C(=O)O)c1OC1CCC1. The number of benzene rings is 4. The first-order chi connectivity index (χ1) is 29.1. The van der Waals surface area contributed by atoms with Gasteiger partial charge in [-0.05, 0) is 124 Å². The van der Waals surface area contributed by atoms with Gasteiger partial charge in [0.15, 0.2) is 0 Å². The molecule has 324 valence electrons. The number of aryl methyl sites for hydroxylation is 2. The van der Waals surface area contributed by atoms with Gasteiger partial charge in [0.25, 0.3) is 5.91 Å². The van der Waals surface area contributed by atoms with Crippen molar-refractivity contribution < 1.29 is 43.2 Å². The van der Waals surface area contributed by atoms with Crippen molar-refractivity contribution in [3.63, 3.8) is 0 Å². The maximum absolute atomic E-state index is 13.5. The third kappa shape index (κ3) is 10.8. The first-order valence-corrected chi connectivity index (χ1v) is 22.5. The van der Waals surface area contributed by atoms with E-state index in [0.29, 0.717) is 49.4 Å². The summed E-state index contributed by atoms with van der Waals surface area (Å²) in [6.45, 7) is 8.02. The fourth-order valence-electron chi connectivity index (χ4n) is 7.93. The van der Waals surface area contributed by atoms with Gasteiger partial charge >= 0.3 is 17.9 Å². The molecule has 0 aromatic heterocycles. The van der Waals surface area contributed by atoms with Gasteiger partial charge in [0, 0.05) is 34.6 Å². The second-order valence-electron chi connectivity index (χ2n) is 16.2. The van der Waals surface area contributed by atoms with Crippen LogP contribution in [0.15, 0.2) is 81.7 Å². The number of esters is 2. The highest BCUT2D eigenvalue weighted by atomic mass is 79.9. The number of hydrogen-bond acceptors (Lipinski definition) is 9. The number of carbonyl (C=O) groups excluding carboxylic acids is 3. The van der Waals surface area contributed by atoms with Gasteiger partial charge in [-0.15, -0.1) is 0 Å². The maximum atomic E-state index is 13.5. The molecule has 4 aromatic rings. The van der Waals surface area contributed by atoms with Crippen LogP contribution in [0.3, 0.4) is 0 Å². The van der Waals surface area contributed by atoms with Crippen LogP contribution >= 0.6 is 31.9 Å². The van der Waals surface area contributed by atoms with E-state index in [1.165, 1.54) is 6.42 Å². The minimum Gasteiger partial charge on any atom is -0.489 e. The van der Waals surface area contributed by atoms with Gasteiger partial charge in [-0.2, -0.15) is 0 Å². The van der Waals surface area contributed by atoms with Gasteiger partial charge < -0.3 is 35.1 Å². The topological polar surface area (TPSA) is 163 Å². The van der Waals surface area contributed by atoms with Crippen LogP contribution in [-0.2, 0) is 44.7 Å². The molecule has 0 unspecified atom stereocenters. The van der Waals surface area contributed by atoms with E-state index in [9.17, 15) is 19.2 Å². The fourth-order valence-corrected chi connectivity index (χ4v) is 9.07. The first-order valence-electron chi connectivity index (χ1n) is 20.9. The van der Waals surface area contributed by atoms with Crippen LogP contribution < -0.4 is 20.5 Å². The summed E-state index contributed by atoms with van der Waals surface area (Å²) in [6, 6.07) is 23.0. The Morgan fingerprint density at radius 2 is 1.08 bits per heavy atom. The summed E-state index contributed by atoms with van der Waals surface area (Å²) in [5, 5.41) is 12.1. The van der Waals surface area contributed by atoms with E-state index in [1.807, 2.05) is 74.5 Å². The number of carboxylic acid groups (broad SMARTS) is 1. The summed E-state index contributed by atoms with van der Waals surface area (Å²) in [4.78, 5) is 49.2. The zero-order chi connectivity index (χ0) is 43.9. The molecule has 0 saturated heterocycles. The largest absolute Gasteiger partial charge is 0.489 e. The minimum absolute atomic E-state index is 0.145. The standard InChI is InChI=1S/C24H26BrNO4.C12H13BrO3.C12H15NO2/c1-3-29-23(28)24(13-16-7-4-5-8-17(16)14-24)26-22(27)20-12-18(25)11-15(2)21(20)30-19-9-6-10-19;1-7-5-8(13)6-10(12(14)15)11(7)16-9-3-2-4-9;1-2-15-11(14)12(13)7-9-5-3-4-6-10(9)8-12/h4-5,7-8,11-12,19H,3,6,9-10,13-14H2,1-2H3,(H,26,27);5-6,9H,2-4H2,1H3,(H,14,15);3-6H,2,7-8,13H2,1H3. The molecule has 4 aliphatic rings. The van der Waals surface area contributed by atoms with Crippen molar-refractivity contribution in [1.29, 1.82) is 0 Å². The molecule has 0 bridgehead atoms. The van der Waals surface area contributed by atoms with Crippen molar-refractivity contribution in [3.05, 3.63) is 126 Å². The molecule has 0 heterocycles. The van der Waals surface area contributed by atoms with Gasteiger partial charge in [-0.3, -0.25) is 9.59 Å². The average Bonchev–Trinajstić information content (AvgIpc) is 3.74. The van der Waals surface area contributed by atoms with Crippen molar-refractivity contribution in [2.45, 2.75) is 115 Å². The molecule has 11 nitrogen and oxygen atoms in total. The van der Waals surface area contributed by atoms with Crippen LogP contribution in [0.2, 0.25) is 0 Å². The lowest BCUT2D eigenvalue weighted by Crippen LogP contribution is -2.56. The lowest BCUT2D eigenvalue weighted by molar-refractivity contribution is -0.150. The van der Waals surface area contributed by atoms with E-state index >= 15 is 0 Å². The molecule has 4 aliphatic carbocycles. The van der Waals surface area contributed by atoms with Crippen LogP contribution in [0.25, 0.3) is 0 Å². The second-order valence-corrected chi connectivity index (χ2v) is 18.1. The predicted molar refractivity (Wildman–Crippen MR) is 239 cm³/mol. The van der Waals surface area contributed by atoms with Crippen molar-refractivity contribution in [1.82, 2.24) is 5.32 Å². The number of nitrogens with one attached hydrogen (secondary N) is 1. The molecule has 0 spiro atoms. The van der Waals surface area contributed by atoms with E-state index in [2.05, 4.69) is 37.2 Å². The van der Waals surface area contributed by atoms with Crippen LogP contribution in [-0.4, -0.2) is 65.4 Å². The van der Waals surface area contributed by atoms with Crippen molar-refractivity contribution in [3.8, 4) is 11.5 Å². The van der Waals surface area contributed by atoms with E-state index < -0.39 is 23.0 Å². The molecular formula is C48H54Br2N2O9. The summed E-state index contributed by atoms with van der Waals surface area (Å²) in [7, 11) is 0. The van der Waals surface area contributed by atoms with Crippen molar-refractivity contribution in [2.75, 3.05) is 13.2 Å². The zero-order valence-corrected chi connectivity index (χ0v) is 38.3. The van der Waals surface area contributed by atoms with Crippen LogP contribution in [0.5, 0.6) is 11.5 Å². The van der Waals surface area contributed by atoms with E-state index in [4.69, 9.17) is 29.8 Å². The van der Waals surface area contributed by atoms with Gasteiger partial charge in [0.2, 0.25) is 0 Å². The van der Waals surface area contributed by atoms with Crippen LogP contribution in [0.4, 0.5) is 0 Å². The summed E-state index contributed by atoms with van der Waals surface area (Å²) in [5.74, 6) is -0.854.